The third-order valence-corrected chi connectivity index (χ3v) is 4.82. The van der Waals surface area contributed by atoms with Gasteiger partial charge in [0.1, 0.15) is 5.69 Å². The van der Waals surface area contributed by atoms with E-state index < -0.39 is 14.9 Å². The Hall–Kier alpha value is -1.71. The number of sulfonamides is 1. The number of rotatable bonds is 4. The van der Waals surface area contributed by atoms with E-state index in [9.17, 15) is 18.5 Å². The molecule has 4 N–H and O–H groups in total. The van der Waals surface area contributed by atoms with Gasteiger partial charge in [-0.25, -0.2) is 13.6 Å². The first-order valence-electron chi connectivity index (χ1n) is 6.16. The molecule has 1 aromatic rings. The molecule has 20 heavy (non-hydrogen) atoms. The summed E-state index contributed by atoms with van der Waals surface area (Å²) >= 11 is 0. The zero-order valence-electron chi connectivity index (χ0n) is 10.4. The number of piperidine rings is 1. The highest BCUT2D eigenvalue weighted by molar-refractivity contribution is 7.89. The van der Waals surface area contributed by atoms with Crippen LogP contribution in [0.3, 0.4) is 0 Å². The van der Waals surface area contributed by atoms with Crippen molar-refractivity contribution < 1.29 is 13.3 Å². The molecule has 8 nitrogen and oxygen atoms in total. The van der Waals surface area contributed by atoms with Crippen LogP contribution in [0.1, 0.15) is 0 Å². The molecule has 0 amide bonds. The average Bonchev–Trinajstić information content (AvgIpc) is 2.82. The largest absolute Gasteiger partial charge is 0.376 e. The molecule has 2 fully saturated rings. The van der Waals surface area contributed by atoms with Gasteiger partial charge in [-0.2, -0.15) is 0 Å². The van der Waals surface area contributed by atoms with E-state index in [0.717, 1.165) is 19.2 Å². The summed E-state index contributed by atoms with van der Waals surface area (Å²) in [6, 6.07) is 3.89. The van der Waals surface area contributed by atoms with Gasteiger partial charge in [-0.15, -0.1) is 0 Å². The van der Waals surface area contributed by atoms with Crippen LogP contribution in [0.4, 0.5) is 11.4 Å². The van der Waals surface area contributed by atoms with Gasteiger partial charge in [-0.05, 0) is 24.0 Å². The molecule has 9 heteroatoms. The maximum absolute atomic E-state index is 11.2. The fourth-order valence-electron chi connectivity index (χ4n) is 2.77. The molecule has 0 aromatic heterocycles. The Morgan fingerprint density at radius 2 is 2.00 bits per heavy atom. The van der Waals surface area contributed by atoms with Crippen molar-refractivity contribution in [3.05, 3.63) is 28.3 Å². The van der Waals surface area contributed by atoms with Crippen LogP contribution in [0.25, 0.3) is 0 Å². The van der Waals surface area contributed by atoms with E-state index in [2.05, 4.69) is 10.6 Å². The van der Waals surface area contributed by atoms with Crippen molar-refractivity contribution in [2.24, 2.45) is 17.0 Å². The molecular weight excluding hydrogens is 284 g/mol. The highest BCUT2D eigenvalue weighted by Gasteiger charge is 2.53. The number of hydrogen-bond acceptors (Lipinski definition) is 6. The first kappa shape index (κ1) is 13.3. The molecular formula is C11H14N4O4S. The lowest BCUT2D eigenvalue weighted by Crippen LogP contribution is -2.21. The standard InChI is InChI=1S/C11H14N4O4S/c12-20(18,19)6-1-2-9(10(3-6)15(16)17)14-11-7-4-13-5-8(7)11/h1-3,7-8,11,13-14H,4-5H2,(H2,12,18,19). The van der Waals surface area contributed by atoms with Gasteiger partial charge in [-0.1, -0.05) is 0 Å². The van der Waals surface area contributed by atoms with Crippen LogP contribution in [0.2, 0.25) is 0 Å². The number of primary sulfonamides is 1. The highest BCUT2D eigenvalue weighted by Crippen LogP contribution is 2.45. The smallest absolute Gasteiger partial charge is 0.293 e. The van der Waals surface area contributed by atoms with E-state index in [0.29, 0.717) is 17.5 Å². The van der Waals surface area contributed by atoms with E-state index in [1.165, 1.54) is 12.1 Å². The molecule has 2 aliphatic rings. The number of nitrogens with zero attached hydrogens (tertiary/aromatic N) is 1. The van der Waals surface area contributed by atoms with E-state index >= 15 is 0 Å². The lowest BCUT2D eigenvalue weighted by Gasteiger charge is -2.10. The van der Waals surface area contributed by atoms with Gasteiger partial charge in [0.05, 0.1) is 9.82 Å². The molecule has 1 aromatic carbocycles. The second-order valence-electron chi connectivity index (χ2n) is 5.14. The minimum Gasteiger partial charge on any atom is -0.376 e. The summed E-state index contributed by atoms with van der Waals surface area (Å²) in [7, 11) is -3.95. The summed E-state index contributed by atoms with van der Waals surface area (Å²) in [6.07, 6.45) is 0. The number of benzene rings is 1. The Kier molecular flexibility index (Phi) is 2.92. The normalized spacial score (nSPS) is 27.9. The van der Waals surface area contributed by atoms with Gasteiger partial charge in [0.2, 0.25) is 10.0 Å². The number of hydrogen-bond donors (Lipinski definition) is 3. The molecule has 1 aliphatic carbocycles. The second kappa shape index (κ2) is 4.40. The van der Waals surface area contributed by atoms with Crippen molar-refractivity contribution in [2.45, 2.75) is 10.9 Å². The van der Waals surface area contributed by atoms with Crippen molar-refractivity contribution in [1.29, 1.82) is 0 Å². The molecule has 2 atom stereocenters. The topological polar surface area (TPSA) is 127 Å². The van der Waals surface area contributed by atoms with Crippen LogP contribution in [0.15, 0.2) is 23.1 Å². The van der Waals surface area contributed by atoms with Crippen LogP contribution in [-0.2, 0) is 10.0 Å². The molecule has 1 saturated carbocycles. The van der Waals surface area contributed by atoms with Crippen LogP contribution in [0.5, 0.6) is 0 Å². The van der Waals surface area contributed by atoms with E-state index in [1.54, 1.807) is 0 Å². The molecule has 0 radical (unpaired) electrons. The highest BCUT2D eigenvalue weighted by atomic mass is 32.2. The van der Waals surface area contributed by atoms with Crippen molar-refractivity contribution in [3.63, 3.8) is 0 Å². The molecule has 1 heterocycles. The monoisotopic (exact) mass is 298 g/mol. The predicted octanol–water partition coefficient (Wildman–Crippen LogP) is -0.128. The lowest BCUT2D eigenvalue weighted by atomic mass is 10.2. The van der Waals surface area contributed by atoms with Gasteiger partial charge < -0.3 is 10.6 Å². The van der Waals surface area contributed by atoms with Crippen LogP contribution in [-0.4, -0.2) is 32.5 Å². The predicted molar refractivity (Wildman–Crippen MR) is 71.7 cm³/mol. The Morgan fingerprint density at radius 1 is 1.35 bits per heavy atom. The molecule has 1 saturated heterocycles. The maximum Gasteiger partial charge on any atom is 0.293 e. The maximum atomic E-state index is 11.2. The van der Waals surface area contributed by atoms with E-state index in [1.807, 2.05) is 0 Å². The van der Waals surface area contributed by atoms with Crippen molar-refractivity contribution in [2.75, 3.05) is 18.4 Å². The summed E-state index contributed by atoms with van der Waals surface area (Å²) in [5.74, 6) is 0.986. The summed E-state index contributed by atoms with van der Waals surface area (Å²) in [4.78, 5) is 10.2. The lowest BCUT2D eigenvalue weighted by molar-refractivity contribution is -0.384. The number of nitrogens with one attached hydrogen (secondary N) is 2. The fourth-order valence-corrected chi connectivity index (χ4v) is 3.31. The average molecular weight is 298 g/mol. The number of nitro groups is 1. The summed E-state index contributed by atoms with van der Waals surface area (Å²) in [5, 5.41) is 22.4. The molecule has 1 aliphatic heterocycles. The van der Waals surface area contributed by atoms with E-state index in [4.69, 9.17) is 5.14 Å². The fraction of sp³-hybridized carbons (Fsp3) is 0.455. The van der Waals surface area contributed by atoms with Gasteiger partial charge in [-0.3, -0.25) is 10.1 Å². The van der Waals surface area contributed by atoms with Gasteiger partial charge in [0, 0.05) is 25.2 Å². The van der Waals surface area contributed by atoms with Gasteiger partial charge >= 0.3 is 0 Å². The van der Waals surface area contributed by atoms with Crippen molar-refractivity contribution >= 4 is 21.4 Å². The van der Waals surface area contributed by atoms with Crippen LogP contribution >= 0.6 is 0 Å². The third-order valence-electron chi connectivity index (χ3n) is 3.91. The SMILES string of the molecule is NS(=O)(=O)c1ccc(NC2C3CNCC32)c([N+](=O)[O-])c1. The Labute approximate surface area is 115 Å². The van der Waals surface area contributed by atoms with Crippen molar-refractivity contribution in [3.8, 4) is 0 Å². The third kappa shape index (κ3) is 2.23. The first-order valence-corrected chi connectivity index (χ1v) is 7.71. The molecule has 2 unspecified atom stereocenters. The summed E-state index contributed by atoms with van der Waals surface area (Å²) < 4.78 is 22.5. The van der Waals surface area contributed by atoms with E-state index in [-0.39, 0.29) is 16.6 Å². The van der Waals surface area contributed by atoms with Crippen LogP contribution in [0, 0.1) is 22.0 Å². The van der Waals surface area contributed by atoms with Gasteiger partial charge in [0.25, 0.3) is 5.69 Å². The van der Waals surface area contributed by atoms with Crippen LogP contribution < -0.4 is 15.8 Å². The summed E-state index contributed by atoms with van der Waals surface area (Å²) in [5.41, 5.74) is 0.0660. The number of nitrogens with two attached hydrogens (primary N) is 1. The minimum atomic E-state index is -3.95. The zero-order chi connectivity index (χ0) is 14.5. The Bertz CT molecular complexity index is 665. The molecule has 3 rings (SSSR count). The van der Waals surface area contributed by atoms with Crippen molar-refractivity contribution in [1.82, 2.24) is 5.32 Å². The molecule has 0 bridgehead atoms. The Balaban J connectivity index is 1.89. The number of fused-ring (bicyclic) bond motifs is 1. The number of nitro benzene ring substituents is 1. The number of anilines is 1. The molecule has 0 spiro atoms. The second-order valence-corrected chi connectivity index (χ2v) is 6.70. The zero-order valence-corrected chi connectivity index (χ0v) is 11.3. The first-order chi connectivity index (χ1) is 9.38. The minimum absolute atomic E-state index is 0.218. The Morgan fingerprint density at radius 3 is 2.55 bits per heavy atom. The quantitative estimate of drug-likeness (QED) is 0.525. The summed E-state index contributed by atoms with van der Waals surface area (Å²) in [6.45, 7) is 1.82. The van der Waals surface area contributed by atoms with Gasteiger partial charge in [0.15, 0.2) is 0 Å². The molecule has 108 valence electrons.